The number of aliphatic hydroxyl groups excluding tert-OH is 1. The molecule has 0 aliphatic carbocycles. The number of carbonyl (C=O) groups is 1. The third-order valence-corrected chi connectivity index (χ3v) is 3.33. The van der Waals surface area contributed by atoms with E-state index in [0.29, 0.717) is 17.7 Å². The third kappa shape index (κ3) is 5.21. The average molecular weight is 264 g/mol. The monoisotopic (exact) mass is 264 g/mol. The van der Waals surface area contributed by atoms with Gasteiger partial charge in [-0.05, 0) is 37.6 Å². The van der Waals surface area contributed by atoms with Gasteiger partial charge in [0.25, 0.3) is 0 Å². The molecule has 2 N–H and O–H groups in total. The highest BCUT2D eigenvalue weighted by Gasteiger charge is 2.07. The van der Waals surface area contributed by atoms with Crippen molar-refractivity contribution in [1.29, 1.82) is 5.26 Å². The van der Waals surface area contributed by atoms with Gasteiger partial charge in [0, 0.05) is 17.5 Å². The van der Waals surface area contributed by atoms with Crippen LogP contribution in [0.4, 0.5) is 0 Å². The van der Waals surface area contributed by atoms with Gasteiger partial charge >= 0.3 is 0 Å². The van der Waals surface area contributed by atoms with E-state index in [-0.39, 0.29) is 18.6 Å². The highest BCUT2D eigenvalue weighted by atomic mass is 32.2. The lowest BCUT2D eigenvalue weighted by Gasteiger charge is -2.11. The molecule has 0 aromatic heterocycles. The molecule has 1 aromatic carbocycles. The van der Waals surface area contributed by atoms with E-state index in [2.05, 4.69) is 5.32 Å². The van der Waals surface area contributed by atoms with Crippen LogP contribution in [0.3, 0.4) is 0 Å². The lowest BCUT2D eigenvalue weighted by atomic mass is 10.2. The summed E-state index contributed by atoms with van der Waals surface area (Å²) in [5.74, 6) is 0.284. The molecule has 5 heteroatoms. The summed E-state index contributed by atoms with van der Waals surface area (Å²) in [4.78, 5) is 12.5. The molecule has 0 bridgehead atoms. The summed E-state index contributed by atoms with van der Waals surface area (Å²) in [6, 6.07) is 9.15. The molecule has 1 atom stereocenters. The van der Waals surface area contributed by atoms with E-state index < -0.39 is 0 Å². The fourth-order valence-corrected chi connectivity index (χ4v) is 2.07. The normalized spacial score (nSPS) is 11.6. The third-order valence-electron chi connectivity index (χ3n) is 2.32. The van der Waals surface area contributed by atoms with Crippen LogP contribution in [0.5, 0.6) is 0 Å². The summed E-state index contributed by atoms with van der Waals surface area (Å²) in [7, 11) is 0. The molecule has 0 aliphatic heterocycles. The molecule has 1 amide bonds. The predicted octanol–water partition coefficient (Wildman–Crippen LogP) is 1.54. The number of nitriles is 1. The summed E-state index contributed by atoms with van der Waals surface area (Å²) in [6.45, 7) is 1.94. The van der Waals surface area contributed by atoms with Gasteiger partial charge < -0.3 is 10.4 Å². The minimum atomic E-state index is -0.0506. The first-order valence-corrected chi connectivity index (χ1v) is 6.67. The Hall–Kier alpha value is -1.51. The van der Waals surface area contributed by atoms with Gasteiger partial charge in [0.2, 0.25) is 5.91 Å². The Bertz CT molecular complexity index is 426. The first-order valence-electron chi connectivity index (χ1n) is 5.69. The number of carbonyl (C=O) groups excluding carboxylic acids is 1. The first kappa shape index (κ1) is 14.6. The average Bonchev–Trinajstić information content (AvgIpc) is 2.37. The van der Waals surface area contributed by atoms with Crippen molar-refractivity contribution in [2.24, 2.45) is 0 Å². The second-order valence-electron chi connectivity index (χ2n) is 3.91. The van der Waals surface area contributed by atoms with Crippen molar-refractivity contribution < 1.29 is 9.90 Å². The van der Waals surface area contributed by atoms with Gasteiger partial charge in [-0.1, -0.05) is 0 Å². The number of nitrogens with zero attached hydrogens (tertiary/aromatic N) is 1. The summed E-state index contributed by atoms with van der Waals surface area (Å²) >= 11 is 1.42. The van der Waals surface area contributed by atoms with Crippen molar-refractivity contribution >= 4 is 17.7 Å². The highest BCUT2D eigenvalue weighted by Crippen LogP contribution is 2.17. The van der Waals surface area contributed by atoms with Crippen LogP contribution in [0.2, 0.25) is 0 Å². The maximum absolute atomic E-state index is 11.6. The van der Waals surface area contributed by atoms with Crippen molar-refractivity contribution in [1.82, 2.24) is 5.32 Å². The lowest BCUT2D eigenvalue weighted by molar-refractivity contribution is -0.119. The van der Waals surface area contributed by atoms with Crippen molar-refractivity contribution in [2.75, 3.05) is 12.4 Å². The maximum atomic E-state index is 11.6. The van der Waals surface area contributed by atoms with Crippen LogP contribution in [0, 0.1) is 11.3 Å². The minimum Gasteiger partial charge on any atom is -0.396 e. The zero-order chi connectivity index (χ0) is 13.4. The molecule has 18 heavy (non-hydrogen) atoms. The molecular formula is C13H16N2O2S. The van der Waals surface area contributed by atoms with Gasteiger partial charge in [0.15, 0.2) is 0 Å². The Balaban J connectivity index is 2.35. The quantitative estimate of drug-likeness (QED) is 0.764. The Morgan fingerprint density at radius 1 is 1.50 bits per heavy atom. The molecule has 96 valence electrons. The number of rotatable bonds is 6. The molecular weight excluding hydrogens is 248 g/mol. The Morgan fingerprint density at radius 3 is 2.72 bits per heavy atom. The molecule has 0 saturated carbocycles. The summed E-state index contributed by atoms with van der Waals surface area (Å²) in [6.07, 6.45) is 0.563. The van der Waals surface area contributed by atoms with Gasteiger partial charge in [-0.2, -0.15) is 5.26 Å². The summed E-state index contributed by atoms with van der Waals surface area (Å²) in [5.41, 5.74) is 0.611. The van der Waals surface area contributed by atoms with Gasteiger partial charge in [0.1, 0.15) is 0 Å². The van der Waals surface area contributed by atoms with Crippen LogP contribution in [0.1, 0.15) is 18.9 Å². The van der Waals surface area contributed by atoms with Gasteiger partial charge in [0.05, 0.1) is 17.4 Å². The smallest absolute Gasteiger partial charge is 0.230 e. The van der Waals surface area contributed by atoms with Crippen molar-refractivity contribution in [3.8, 4) is 6.07 Å². The Kier molecular flexibility index (Phi) is 6.26. The number of thioether (sulfide) groups is 1. The van der Waals surface area contributed by atoms with E-state index in [9.17, 15) is 4.79 Å². The molecule has 0 radical (unpaired) electrons. The van der Waals surface area contributed by atoms with E-state index in [0.717, 1.165) is 4.90 Å². The molecule has 0 fully saturated rings. The van der Waals surface area contributed by atoms with Gasteiger partial charge in [-0.15, -0.1) is 11.8 Å². The first-order chi connectivity index (χ1) is 8.65. The second-order valence-corrected chi connectivity index (χ2v) is 4.95. The molecule has 1 aromatic rings. The molecule has 1 unspecified atom stereocenters. The van der Waals surface area contributed by atoms with E-state index >= 15 is 0 Å². The molecule has 0 saturated heterocycles. The van der Waals surface area contributed by atoms with E-state index in [1.165, 1.54) is 11.8 Å². The van der Waals surface area contributed by atoms with Crippen LogP contribution < -0.4 is 5.32 Å². The van der Waals surface area contributed by atoms with Crippen LogP contribution in [-0.4, -0.2) is 29.4 Å². The van der Waals surface area contributed by atoms with Crippen LogP contribution in [-0.2, 0) is 4.79 Å². The van der Waals surface area contributed by atoms with Crippen LogP contribution >= 0.6 is 11.8 Å². The zero-order valence-electron chi connectivity index (χ0n) is 10.2. The van der Waals surface area contributed by atoms with E-state index in [1.807, 2.05) is 25.1 Å². The van der Waals surface area contributed by atoms with Crippen molar-refractivity contribution in [3.63, 3.8) is 0 Å². The SMILES string of the molecule is CC(CCO)NC(=O)CSc1ccc(C#N)cc1. The summed E-state index contributed by atoms with van der Waals surface area (Å²) in [5, 5.41) is 20.2. The van der Waals surface area contributed by atoms with E-state index in [1.54, 1.807) is 12.1 Å². The fourth-order valence-electron chi connectivity index (χ4n) is 1.36. The lowest BCUT2D eigenvalue weighted by Crippen LogP contribution is -2.34. The highest BCUT2D eigenvalue weighted by molar-refractivity contribution is 8.00. The molecule has 1 rings (SSSR count). The van der Waals surface area contributed by atoms with E-state index in [4.69, 9.17) is 10.4 Å². The van der Waals surface area contributed by atoms with Crippen molar-refractivity contribution in [2.45, 2.75) is 24.3 Å². The number of amides is 1. The molecule has 0 heterocycles. The van der Waals surface area contributed by atoms with Gasteiger partial charge in [-0.3, -0.25) is 4.79 Å². The van der Waals surface area contributed by atoms with Gasteiger partial charge in [-0.25, -0.2) is 0 Å². The minimum absolute atomic E-state index is 0.0101. The molecule has 0 aliphatic rings. The number of nitrogens with one attached hydrogen (secondary N) is 1. The number of hydrogen-bond acceptors (Lipinski definition) is 4. The number of benzene rings is 1. The summed E-state index contributed by atoms with van der Waals surface area (Å²) < 4.78 is 0. The fraction of sp³-hybridized carbons (Fsp3) is 0.385. The van der Waals surface area contributed by atoms with Crippen LogP contribution in [0.25, 0.3) is 0 Å². The zero-order valence-corrected chi connectivity index (χ0v) is 11.0. The maximum Gasteiger partial charge on any atom is 0.230 e. The largest absolute Gasteiger partial charge is 0.396 e. The standard InChI is InChI=1S/C13H16N2O2S/c1-10(6-7-16)15-13(17)9-18-12-4-2-11(8-14)3-5-12/h2-5,10,16H,6-7,9H2,1H3,(H,15,17). The molecule has 0 spiro atoms. The Labute approximate surface area is 111 Å². The van der Waals surface area contributed by atoms with Crippen molar-refractivity contribution in [3.05, 3.63) is 29.8 Å². The second kappa shape index (κ2) is 7.75. The Morgan fingerprint density at radius 2 is 2.17 bits per heavy atom. The number of hydrogen-bond donors (Lipinski definition) is 2. The predicted molar refractivity (Wildman–Crippen MR) is 71.2 cm³/mol. The number of aliphatic hydroxyl groups is 1. The molecule has 4 nitrogen and oxygen atoms in total. The van der Waals surface area contributed by atoms with Crippen LogP contribution in [0.15, 0.2) is 29.2 Å². The topological polar surface area (TPSA) is 73.1 Å².